The van der Waals surface area contributed by atoms with E-state index in [-0.39, 0.29) is 29.2 Å². The van der Waals surface area contributed by atoms with Gasteiger partial charge in [-0.3, -0.25) is 4.79 Å². The Labute approximate surface area is 195 Å². The van der Waals surface area contributed by atoms with Crippen LogP contribution in [0.5, 0.6) is 0 Å². The molecule has 0 saturated heterocycles. The van der Waals surface area contributed by atoms with Crippen molar-refractivity contribution >= 4 is 11.4 Å². The monoisotopic (exact) mass is 463 g/mol. The predicted octanol–water partition coefficient (Wildman–Crippen LogP) is 6.27. The quantitative estimate of drug-likeness (QED) is 0.388. The second kappa shape index (κ2) is 8.31. The highest BCUT2D eigenvalue weighted by Crippen LogP contribution is 2.36. The molecule has 174 valence electrons. The van der Waals surface area contributed by atoms with Crippen molar-refractivity contribution in [1.29, 1.82) is 0 Å². The predicted molar refractivity (Wildman–Crippen MR) is 124 cm³/mol. The van der Waals surface area contributed by atoms with Gasteiger partial charge in [0, 0.05) is 5.56 Å². The van der Waals surface area contributed by atoms with E-state index in [1.807, 2.05) is 19.9 Å². The van der Waals surface area contributed by atoms with Crippen LogP contribution in [0.25, 0.3) is 16.6 Å². The van der Waals surface area contributed by atoms with Crippen LogP contribution in [0, 0.1) is 24.4 Å². The van der Waals surface area contributed by atoms with Gasteiger partial charge in [0.25, 0.3) is 5.91 Å². The third-order valence-electron chi connectivity index (χ3n) is 6.53. The van der Waals surface area contributed by atoms with Crippen molar-refractivity contribution in [3.8, 4) is 11.1 Å². The third-order valence-corrected chi connectivity index (χ3v) is 6.53. The maximum absolute atomic E-state index is 14.6. The number of hydrogen-bond acceptors (Lipinski definition) is 2. The fourth-order valence-electron chi connectivity index (χ4n) is 5.03. The maximum atomic E-state index is 14.6. The van der Waals surface area contributed by atoms with Crippen molar-refractivity contribution in [3.63, 3.8) is 0 Å². The average Bonchev–Trinajstić information content (AvgIpc) is 3.34. The molecular formula is C27H24F3N3O. The first kappa shape index (κ1) is 22.2. The largest absolute Gasteiger partial charge is 0.345 e. The number of fused-ring (bicyclic) bond motifs is 2. The van der Waals surface area contributed by atoms with E-state index in [0.29, 0.717) is 46.4 Å². The van der Waals surface area contributed by atoms with Gasteiger partial charge < -0.3 is 5.32 Å². The van der Waals surface area contributed by atoms with Crippen molar-refractivity contribution in [2.75, 3.05) is 0 Å². The number of nitrogens with one attached hydrogen (secondary N) is 1. The highest BCUT2D eigenvalue weighted by molar-refractivity contribution is 5.97. The molecule has 0 unspecified atom stereocenters. The van der Waals surface area contributed by atoms with Gasteiger partial charge in [-0.1, -0.05) is 32.0 Å². The molecule has 5 rings (SSSR count). The van der Waals surface area contributed by atoms with E-state index in [2.05, 4.69) is 10.4 Å². The SMILES string of the molecule is Cc1nn2c(C(C)C)c(C(=O)N[C@H]3CCc4c(F)cccc43)ccc2c1-c1c(F)cccc1F. The molecule has 0 radical (unpaired) electrons. The zero-order valence-electron chi connectivity index (χ0n) is 19.1. The van der Waals surface area contributed by atoms with Gasteiger partial charge in [0.1, 0.15) is 17.5 Å². The van der Waals surface area contributed by atoms with Crippen LogP contribution in [0.3, 0.4) is 0 Å². The van der Waals surface area contributed by atoms with Crippen LogP contribution in [0.4, 0.5) is 13.2 Å². The van der Waals surface area contributed by atoms with Gasteiger partial charge >= 0.3 is 0 Å². The number of carbonyl (C=O) groups excluding carboxylic acids is 1. The van der Waals surface area contributed by atoms with Crippen LogP contribution in [-0.4, -0.2) is 15.5 Å². The summed E-state index contributed by atoms with van der Waals surface area (Å²) >= 11 is 0. The number of carbonyl (C=O) groups is 1. The normalized spacial score (nSPS) is 15.2. The Morgan fingerprint density at radius 1 is 1.00 bits per heavy atom. The van der Waals surface area contributed by atoms with E-state index >= 15 is 0 Å². The number of aryl methyl sites for hydroxylation is 1. The van der Waals surface area contributed by atoms with E-state index < -0.39 is 11.6 Å². The standard InChI is InChI=1S/C27H24F3N3O/c1-14(2)26-18(27(34)31-22-12-10-16-17(22)6-4-7-19(16)28)11-13-23-24(15(3)32-33(23)26)25-20(29)8-5-9-21(25)30/h4-9,11,13-14,22H,10,12H2,1-3H3,(H,31,34)/t22-/m0/s1. The first-order valence-electron chi connectivity index (χ1n) is 11.3. The lowest BCUT2D eigenvalue weighted by molar-refractivity contribution is 0.0934. The molecule has 0 saturated carbocycles. The first-order chi connectivity index (χ1) is 16.3. The number of rotatable bonds is 4. The number of aromatic nitrogens is 2. The molecule has 1 aliphatic rings. The topological polar surface area (TPSA) is 46.4 Å². The minimum Gasteiger partial charge on any atom is -0.345 e. The van der Waals surface area contributed by atoms with E-state index in [0.717, 1.165) is 5.56 Å². The molecule has 34 heavy (non-hydrogen) atoms. The first-order valence-corrected chi connectivity index (χ1v) is 11.3. The van der Waals surface area contributed by atoms with Gasteiger partial charge in [-0.05, 0) is 67.1 Å². The lowest BCUT2D eigenvalue weighted by Gasteiger charge is -2.18. The van der Waals surface area contributed by atoms with Gasteiger partial charge in [0.15, 0.2) is 0 Å². The molecule has 1 atom stereocenters. The van der Waals surface area contributed by atoms with Crippen LogP contribution in [0.15, 0.2) is 48.5 Å². The summed E-state index contributed by atoms with van der Waals surface area (Å²) in [6.07, 6.45) is 1.19. The van der Waals surface area contributed by atoms with Crippen molar-refractivity contribution in [3.05, 3.63) is 94.1 Å². The summed E-state index contributed by atoms with van der Waals surface area (Å²) in [5.41, 5.74) is 3.73. The molecule has 0 spiro atoms. The molecule has 4 nitrogen and oxygen atoms in total. The number of benzene rings is 2. The minimum atomic E-state index is -0.668. The molecule has 2 aromatic heterocycles. The van der Waals surface area contributed by atoms with E-state index in [4.69, 9.17) is 0 Å². The molecule has 0 fully saturated rings. The summed E-state index contributed by atoms with van der Waals surface area (Å²) in [5.74, 6) is -1.98. The summed E-state index contributed by atoms with van der Waals surface area (Å²) in [5, 5.41) is 7.61. The van der Waals surface area contributed by atoms with Crippen molar-refractivity contribution < 1.29 is 18.0 Å². The molecule has 1 N–H and O–H groups in total. The molecule has 2 heterocycles. The summed E-state index contributed by atoms with van der Waals surface area (Å²) in [6.45, 7) is 5.57. The molecular weight excluding hydrogens is 439 g/mol. The van der Waals surface area contributed by atoms with Gasteiger partial charge in [-0.2, -0.15) is 5.10 Å². The van der Waals surface area contributed by atoms with E-state index in [1.54, 1.807) is 29.6 Å². The molecule has 7 heteroatoms. The Morgan fingerprint density at radius 3 is 2.38 bits per heavy atom. The second-order valence-corrected chi connectivity index (χ2v) is 9.01. The lowest BCUT2D eigenvalue weighted by Crippen LogP contribution is -2.29. The smallest absolute Gasteiger partial charge is 0.253 e. The number of hydrogen-bond donors (Lipinski definition) is 1. The number of halogens is 3. The number of pyridine rings is 1. The van der Waals surface area contributed by atoms with Gasteiger partial charge in [-0.25, -0.2) is 17.7 Å². The maximum Gasteiger partial charge on any atom is 0.253 e. The zero-order valence-corrected chi connectivity index (χ0v) is 19.1. The Kier molecular flexibility index (Phi) is 5.42. The molecule has 0 aliphatic heterocycles. The fraction of sp³-hybridized carbons (Fsp3) is 0.259. The zero-order chi connectivity index (χ0) is 24.1. The van der Waals surface area contributed by atoms with Crippen LogP contribution in [0.2, 0.25) is 0 Å². The summed E-state index contributed by atoms with van der Waals surface area (Å²) in [6, 6.07) is 11.7. The van der Waals surface area contributed by atoms with Gasteiger partial charge in [0.05, 0.1) is 34.1 Å². The van der Waals surface area contributed by atoms with Crippen LogP contribution >= 0.6 is 0 Å². The van der Waals surface area contributed by atoms with E-state index in [9.17, 15) is 18.0 Å². The van der Waals surface area contributed by atoms with Crippen molar-refractivity contribution in [2.45, 2.75) is 45.6 Å². The highest BCUT2D eigenvalue weighted by Gasteiger charge is 2.29. The summed E-state index contributed by atoms with van der Waals surface area (Å²) in [4.78, 5) is 13.4. The van der Waals surface area contributed by atoms with Crippen molar-refractivity contribution in [2.24, 2.45) is 0 Å². The molecule has 0 bridgehead atoms. The van der Waals surface area contributed by atoms with Gasteiger partial charge in [0.2, 0.25) is 0 Å². The van der Waals surface area contributed by atoms with Crippen LogP contribution < -0.4 is 5.32 Å². The summed E-state index contributed by atoms with van der Waals surface area (Å²) in [7, 11) is 0. The Hall–Kier alpha value is -3.61. The fourth-order valence-corrected chi connectivity index (χ4v) is 5.03. The molecule has 1 aliphatic carbocycles. The Bertz CT molecular complexity index is 1420. The second-order valence-electron chi connectivity index (χ2n) is 9.01. The van der Waals surface area contributed by atoms with Crippen LogP contribution in [0.1, 0.15) is 65.1 Å². The number of amides is 1. The lowest BCUT2D eigenvalue weighted by atomic mass is 9.99. The third kappa shape index (κ3) is 3.47. The minimum absolute atomic E-state index is 0.102. The van der Waals surface area contributed by atoms with Gasteiger partial charge in [-0.15, -0.1) is 0 Å². The molecule has 4 aromatic rings. The molecule has 2 aromatic carbocycles. The Morgan fingerprint density at radius 2 is 1.68 bits per heavy atom. The Balaban J connectivity index is 1.59. The molecule has 1 amide bonds. The highest BCUT2D eigenvalue weighted by atomic mass is 19.1. The summed E-state index contributed by atoms with van der Waals surface area (Å²) < 4.78 is 44.9. The average molecular weight is 464 g/mol. The van der Waals surface area contributed by atoms with Crippen LogP contribution in [-0.2, 0) is 6.42 Å². The number of nitrogens with zero attached hydrogens (tertiary/aromatic N) is 2. The van der Waals surface area contributed by atoms with Crippen molar-refractivity contribution in [1.82, 2.24) is 14.9 Å². The van der Waals surface area contributed by atoms with E-state index in [1.165, 1.54) is 24.3 Å².